The van der Waals surface area contributed by atoms with Crippen LogP contribution in [0.2, 0.25) is 0 Å². The lowest BCUT2D eigenvalue weighted by Gasteiger charge is -2.36. The van der Waals surface area contributed by atoms with Crippen molar-refractivity contribution in [3.05, 3.63) is 66.8 Å². The molecule has 0 bridgehead atoms. The molecular formula is C23H25NO3S2. The normalized spacial score (nSPS) is 22.0. The summed E-state index contributed by atoms with van der Waals surface area (Å²) in [5.74, 6) is -0.388. The van der Waals surface area contributed by atoms with Crippen LogP contribution in [0.5, 0.6) is 0 Å². The van der Waals surface area contributed by atoms with E-state index in [0.717, 1.165) is 33.1 Å². The van der Waals surface area contributed by atoms with E-state index in [2.05, 4.69) is 16.8 Å². The Kier molecular flexibility index (Phi) is 5.49. The standard InChI is InChI=1S/C23H25NO3S2/c1-12(2)27-23(26)20-14(4)24-16-10-15(18-6-5-9-28-18)11-17(25)21(16)22(20)19-8-7-13(3)29-19/h5-9,12,15,22,24H,10-11H2,1-4H3/t15-,22+/m1/s1. The van der Waals surface area contributed by atoms with E-state index in [-0.39, 0.29) is 29.7 Å². The van der Waals surface area contributed by atoms with E-state index in [1.165, 1.54) is 4.88 Å². The van der Waals surface area contributed by atoms with Crippen molar-refractivity contribution in [2.24, 2.45) is 0 Å². The number of carbonyl (C=O) groups is 2. The molecule has 0 saturated heterocycles. The van der Waals surface area contributed by atoms with Crippen LogP contribution in [-0.2, 0) is 14.3 Å². The van der Waals surface area contributed by atoms with E-state index in [9.17, 15) is 9.59 Å². The lowest BCUT2D eigenvalue weighted by atomic mass is 9.74. The van der Waals surface area contributed by atoms with E-state index >= 15 is 0 Å². The van der Waals surface area contributed by atoms with E-state index in [0.29, 0.717) is 12.0 Å². The van der Waals surface area contributed by atoms with E-state index < -0.39 is 0 Å². The largest absolute Gasteiger partial charge is 0.460 e. The number of esters is 1. The van der Waals surface area contributed by atoms with Gasteiger partial charge in [0.25, 0.3) is 0 Å². The third-order valence-corrected chi connectivity index (χ3v) is 7.48. The van der Waals surface area contributed by atoms with Crippen LogP contribution < -0.4 is 5.32 Å². The van der Waals surface area contributed by atoms with Crippen molar-refractivity contribution in [3.63, 3.8) is 0 Å². The molecule has 29 heavy (non-hydrogen) atoms. The number of hydrogen-bond donors (Lipinski definition) is 1. The fourth-order valence-electron chi connectivity index (χ4n) is 4.21. The van der Waals surface area contributed by atoms with Crippen LogP contribution >= 0.6 is 22.7 Å². The molecule has 3 heterocycles. The number of allylic oxidation sites excluding steroid dienone is 3. The summed E-state index contributed by atoms with van der Waals surface area (Å²) in [5, 5.41) is 5.45. The Morgan fingerprint density at radius 3 is 2.59 bits per heavy atom. The molecule has 4 rings (SSSR count). The maximum absolute atomic E-state index is 13.4. The Balaban J connectivity index is 1.79. The number of hydrogen-bond acceptors (Lipinski definition) is 6. The average molecular weight is 428 g/mol. The number of aryl methyl sites for hydroxylation is 1. The smallest absolute Gasteiger partial charge is 0.337 e. The van der Waals surface area contributed by atoms with Crippen molar-refractivity contribution < 1.29 is 14.3 Å². The quantitative estimate of drug-likeness (QED) is 0.661. The van der Waals surface area contributed by atoms with Gasteiger partial charge in [0.1, 0.15) is 0 Å². The monoisotopic (exact) mass is 427 g/mol. The number of dihydropyridines is 1. The van der Waals surface area contributed by atoms with Gasteiger partial charge < -0.3 is 10.1 Å². The molecule has 0 unspecified atom stereocenters. The molecule has 0 fully saturated rings. The Morgan fingerprint density at radius 1 is 1.17 bits per heavy atom. The fraction of sp³-hybridized carbons (Fsp3) is 0.391. The van der Waals surface area contributed by atoms with Crippen LogP contribution in [0.4, 0.5) is 0 Å². The van der Waals surface area contributed by atoms with Crippen LogP contribution in [0, 0.1) is 6.92 Å². The van der Waals surface area contributed by atoms with Gasteiger partial charge in [0.2, 0.25) is 0 Å². The second-order valence-corrected chi connectivity index (χ2v) is 10.2. The van der Waals surface area contributed by atoms with Crippen molar-refractivity contribution in [1.82, 2.24) is 5.32 Å². The van der Waals surface area contributed by atoms with Gasteiger partial charge in [0.05, 0.1) is 17.6 Å². The highest BCUT2D eigenvalue weighted by Gasteiger charge is 2.42. The van der Waals surface area contributed by atoms with Crippen LogP contribution in [0.25, 0.3) is 0 Å². The highest BCUT2D eigenvalue weighted by Crippen LogP contribution is 2.47. The number of thiophene rings is 2. The van der Waals surface area contributed by atoms with E-state index in [1.54, 1.807) is 22.7 Å². The lowest BCUT2D eigenvalue weighted by molar-refractivity contribution is -0.143. The van der Waals surface area contributed by atoms with Gasteiger partial charge in [-0.15, -0.1) is 22.7 Å². The predicted molar refractivity (Wildman–Crippen MR) is 117 cm³/mol. The number of ketones is 1. The van der Waals surface area contributed by atoms with Crippen LogP contribution in [-0.4, -0.2) is 17.9 Å². The van der Waals surface area contributed by atoms with Crippen molar-refractivity contribution in [2.45, 2.75) is 58.5 Å². The fourth-order valence-corrected chi connectivity index (χ4v) is 6.03. The Bertz CT molecular complexity index is 1010. The van der Waals surface area contributed by atoms with Crippen molar-refractivity contribution >= 4 is 34.4 Å². The molecule has 0 spiro atoms. The number of ether oxygens (including phenoxy) is 1. The molecule has 1 aliphatic heterocycles. The number of Topliss-reactive ketones (excluding diaryl/α,β-unsaturated/α-hetero) is 1. The zero-order valence-electron chi connectivity index (χ0n) is 17.1. The summed E-state index contributed by atoms with van der Waals surface area (Å²) in [6.45, 7) is 7.64. The molecule has 1 N–H and O–H groups in total. The van der Waals surface area contributed by atoms with Gasteiger partial charge in [-0.3, -0.25) is 4.79 Å². The van der Waals surface area contributed by atoms with Crippen LogP contribution in [0.15, 0.2) is 52.2 Å². The summed E-state index contributed by atoms with van der Waals surface area (Å²) in [6.07, 6.45) is 1.05. The summed E-state index contributed by atoms with van der Waals surface area (Å²) in [6, 6.07) is 8.22. The minimum absolute atomic E-state index is 0.121. The second-order valence-electron chi connectivity index (χ2n) is 7.94. The molecule has 2 atom stereocenters. The first-order valence-electron chi connectivity index (χ1n) is 9.90. The molecule has 0 amide bonds. The van der Waals surface area contributed by atoms with Crippen LogP contribution in [0.1, 0.15) is 60.1 Å². The molecular weight excluding hydrogens is 402 g/mol. The first kappa shape index (κ1) is 20.1. The zero-order valence-corrected chi connectivity index (χ0v) is 18.7. The number of rotatable bonds is 4. The predicted octanol–water partition coefficient (Wildman–Crippen LogP) is 5.43. The molecule has 0 radical (unpaired) electrons. The molecule has 152 valence electrons. The maximum Gasteiger partial charge on any atom is 0.337 e. The zero-order chi connectivity index (χ0) is 20.7. The van der Waals surface area contributed by atoms with Gasteiger partial charge in [-0.25, -0.2) is 4.79 Å². The lowest BCUT2D eigenvalue weighted by Crippen LogP contribution is -2.36. The first-order valence-corrected chi connectivity index (χ1v) is 11.6. The Hall–Kier alpha value is -2.18. The highest BCUT2D eigenvalue weighted by atomic mass is 32.1. The van der Waals surface area contributed by atoms with Crippen molar-refractivity contribution in [3.8, 4) is 0 Å². The maximum atomic E-state index is 13.4. The summed E-state index contributed by atoms with van der Waals surface area (Å²) in [7, 11) is 0. The highest BCUT2D eigenvalue weighted by molar-refractivity contribution is 7.12. The average Bonchev–Trinajstić information content (AvgIpc) is 3.31. The van der Waals surface area contributed by atoms with E-state index in [1.807, 2.05) is 45.9 Å². The topological polar surface area (TPSA) is 55.4 Å². The van der Waals surface area contributed by atoms with Crippen LogP contribution in [0.3, 0.4) is 0 Å². The molecule has 6 heteroatoms. The SMILES string of the molecule is CC1=C(C(=O)OC(C)C)[C@H](c2ccc(C)s2)C2=C(C[C@@H](c3cccs3)CC2=O)N1. The molecule has 1 aliphatic carbocycles. The summed E-state index contributed by atoms with van der Waals surface area (Å²) in [4.78, 5) is 29.8. The Labute approximate surface area is 179 Å². The molecule has 2 aromatic rings. The van der Waals surface area contributed by atoms with Crippen molar-refractivity contribution in [2.75, 3.05) is 0 Å². The minimum Gasteiger partial charge on any atom is -0.460 e. The summed E-state index contributed by atoms with van der Waals surface area (Å²) in [5.41, 5.74) is 3.03. The second kappa shape index (κ2) is 7.92. The molecule has 4 nitrogen and oxygen atoms in total. The molecule has 0 aromatic carbocycles. The van der Waals surface area contributed by atoms with Gasteiger partial charge >= 0.3 is 5.97 Å². The minimum atomic E-state index is -0.354. The third-order valence-electron chi connectivity index (χ3n) is 5.38. The van der Waals surface area contributed by atoms with Gasteiger partial charge in [0.15, 0.2) is 5.78 Å². The first-order chi connectivity index (χ1) is 13.8. The number of carbonyl (C=O) groups excluding carboxylic acids is 2. The molecule has 0 saturated carbocycles. The summed E-state index contributed by atoms with van der Waals surface area (Å²) >= 11 is 3.34. The van der Waals surface area contributed by atoms with E-state index in [4.69, 9.17) is 4.74 Å². The number of nitrogens with one attached hydrogen (secondary N) is 1. The Morgan fingerprint density at radius 2 is 1.97 bits per heavy atom. The van der Waals surface area contributed by atoms with Gasteiger partial charge in [-0.1, -0.05) is 6.07 Å². The molecule has 2 aromatic heterocycles. The third kappa shape index (κ3) is 3.83. The van der Waals surface area contributed by atoms with Gasteiger partial charge in [-0.05, 0) is 57.7 Å². The van der Waals surface area contributed by atoms with Crippen molar-refractivity contribution in [1.29, 1.82) is 0 Å². The van der Waals surface area contributed by atoms with Gasteiger partial charge in [0, 0.05) is 43.9 Å². The summed E-state index contributed by atoms with van der Waals surface area (Å²) < 4.78 is 5.55. The molecule has 2 aliphatic rings. The van der Waals surface area contributed by atoms with Gasteiger partial charge in [-0.2, -0.15) is 0 Å².